The van der Waals surface area contributed by atoms with Crippen molar-refractivity contribution in [1.29, 1.82) is 0 Å². The van der Waals surface area contributed by atoms with Crippen LogP contribution in [0.2, 0.25) is 5.02 Å². The number of amides is 1. The summed E-state index contributed by atoms with van der Waals surface area (Å²) in [6.07, 6.45) is 0.558. The highest BCUT2D eigenvalue weighted by molar-refractivity contribution is 7.92. The first-order valence-electron chi connectivity index (χ1n) is 11.5. The number of anilines is 1. The van der Waals surface area contributed by atoms with E-state index in [-0.39, 0.29) is 17.4 Å². The minimum atomic E-state index is -4.35. The number of nitrogens with two attached hydrogens (primary N) is 1. The second kappa shape index (κ2) is 11.8. The highest BCUT2D eigenvalue weighted by Crippen LogP contribution is 2.37. The molecule has 2 atom stereocenters. The van der Waals surface area contributed by atoms with Gasteiger partial charge in [0.25, 0.3) is 10.0 Å². The summed E-state index contributed by atoms with van der Waals surface area (Å²) in [4.78, 5) is 17.0. The normalized spacial score (nSPS) is 13.5. The lowest BCUT2D eigenvalue weighted by Crippen LogP contribution is -2.41. The summed E-state index contributed by atoms with van der Waals surface area (Å²) in [6.45, 7) is 7.56. The lowest BCUT2D eigenvalue weighted by Gasteiger charge is -2.29. The molecule has 1 heterocycles. The summed E-state index contributed by atoms with van der Waals surface area (Å²) in [7, 11) is -4.35. The van der Waals surface area contributed by atoms with Gasteiger partial charge >= 0.3 is 0 Å². The molecule has 37 heavy (non-hydrogen) atoms. The Labute approximate surface area is 224 Å². The summed E-state index contributed by atoms with van der Waals surface area (Å²) < 4.78 is 57.3. The number of hydrogen-bond donors (Lipinski definition) is 2. The SMILES string of the molecule is Cc1nc(C(C)N(c2cc(F)ccc2F)S(=O)(=O)c2ccc(Cl)cc2)sc1CN[C@H](CC(C)C)C(N)=O. The van der Waals surface area contributed by atoms with Crippen LogP contribution >= 0.6 is 22.9 Å². The molecule has 1 amide bonds. The average molecular weight is 571 g/mol. The van der Waals surface area contributed by atoms with E-state index in [2.05, 4.69) is 10.3 Å². The van der Waals surface area contributed by atoms with Crippen molar-refractivity contribution in [1.82, 2.24) is 10.3 Å². The number of hydrogen-bond acceptors (Lipinski definition) is 6. The van der Waals surface area contributed by atoms with Crippen LogP contribution in [0.3, 0.4) is 0 Å². The number of benzene rings is 2. The second-order valence-electron chi connectivity index (χ2n) is 9.05. The zero-order chi connectivity index (χ0) is 27.5. The molecule has 1 unspecified atom stereocenters. The molecule has 3 N–H and O–H groups in total. The Kier molecular flexibility index (Phi) is 9.27. The van der Waals surface area contributed by atoms with Gasteiger partial charge in [0, 0.05) is 22.5 Å². The Bertz CT molecular complexity index is 1360. The van der Waals surface area contributed by atoms with E-state index in [1.807, 2.05) is 13.8 Å². The summed E-state index contributed by atoms with van der Waals surface area (Å²) in [5.41, 5.74) is 5.70. The van der Waals surface area contributed by atoms with E-state index in [0.717, 1.165) is 27.4 Å². The van der Waals surface area contributed by atoms with Gasteiger partial charge in [0.1, 0.15) is 16.6 Å². The Hall–Kier alpha value is -2.60. The molecule has 0 bridgehead atoms. The molecule has 200 valence electrons. The van der Waals surface area contributed by atoms with Crippen molar-refractivity contribution in [3.05, 3.63) is 74.7 Å². The lowest BCUT2D eigenvalue weighted by atomic mass is 10.0. The van der Waals surface area contributed by atoms with Crippen LogP contribution in [0, 0.1) is 24.5 Å². The van der Waals surface area contributed by atoms with Crippen LogP contribution in [0.15, 0.2) is 47.4 Å². The van der Waals surface area contributed by atoms with Crippen LogP contribution in [0.25, 0.3) is 0 Å². The predicted octanol–water partition coefficient (Wildman–Crippen LogP) is 5.33. The molecule has 7 nitrogen and oxygen atoms in total. The molecule has 1 aromatic heterocycles. The van der Waals surface area contributed by atoms with Gasteiger partial charge in [-0.25, -0.2) is 22.2 Å². The van der Waals surface area contributed by atoms with Gasteiger partial charge in [-0.3, -0.25) is 9.10 Å². The first kappa shape index (κ1) is 29.0. The van der Waals surface area contributed by atoms with Crippen molar-refractivity contribution in [2.45, 2.75) is 57.6 Å². The van der Waals surface area contributed by atoms with E-state index < -0.39 is 45.3 Å². The van der Waals surface area contributed by atoms with Gasteiger partial charge in [0.05, 0.1) is 28.4 Å². The van der Waals surface area contributed by atoms with Crippen molar-refractivity contribution >= 4 is 44.6 Å². The fourth-order valence-electron chi connectivity index (χ4n) is 3.80. The van der Waals surface area contributed by atoms with E-state index in [1.54, 1.807) is 13.8 Å². The monoisotopic (exact) mass is 570 g/mol. The predicted molar refractivity (Wildman–Crippen MR) is 142 cm³/mol. The van der Waals surface area contributed by atoms with Gasteiger partial charge in [-0.1, -0.05) is 25.4 Å². The van der Waals surface area contributed by atoms with E-state index in [0.29, 0.717) is 22.1 Å². The van der Waals surface area contributed by atoms with Crippen LogP contribution in [0.5, 0.6) is 0 Å². The third kappa shape index (κ3) is 6.84. The van der Waals surface area contributed by atoms with Crippen LogP contribution in [-0.2, 0) is 21.4 Å². The molecule has 3 aromatic rings. The average Bonchev–Trinajstić information content (AvgIpc) is 3.19. The van der Waals surface area contributed by atoms with E-state index in [1.165, 1.54) is 35.6 Å². The maximum Gasteiger partial charge on any atom is 0.265 e. The summed E-state index contributed by atoms with van der Waals surface area (Å²) in [5.74, 6) is -1.91. The number of halogens is 3. The first-order valence-corrected chi connectivity index (χ1v) is 14.2. The van der Waals surface area contributed by atoms with Gasteiger partial charge in [0.15, 0.2) is 0 Å². The van der Waals surface area contributed by atoms with Crippen LogP contribution in [-0.4, -0.2) is 25.4 Å². The Morgan fingerprint density at radius 3 is 2.41 bits per heavy atom. The Morgan fingerprint density at radius 1 is 1.16 bits per heavy atom. The number of nitrogens with one attached hydrogen (secondary N) is 1. The number of carbonyl (C=O) groups excluding carboxylic acids is 1. The number of rotatable bonds is 11. The number of aryl methyl sites for hydroxylation is 1. The largest absolute Gasteiger partial charge is 0.368 e. The molecule has 0 spiro atoms. The van der Waals surface area contributed by atoms with Gasteiger partial charge in [-0.05, 0) is 62.6 Å². The number of aromatic nitrogens is 1. The molecular weight excluding hydrogens is 542 g/mol. The fourth-order valence-corrected chi connectivity index (χ4v) is 6.68. The number of thiazole rings is 1. The van der Waals surface area contributed by atoms with Crippen molar-refractivity contribution in [2.24, 2.45) is 11.7 Å². The summed E-state index contributed by atoms with van der Waals surface area (Å²) in [5, 5.41) is 3.84. The van der Waals surface area contributed by atoms with E-state index in [4.69, 9.17) is 17.3 Å². The number of nitrogens with zero attached hydrogens (tertiary/aromatic N) is 2. The molecule has 0 aliphatic rings. The smallest absolute Gasteiger partial charge is 0.265 e. The highest BCUT2D eigenvalue weighted by atomic mass is 35.5. The zero-order valence-corrected chi connectivity index (χ0v) is 23.2. The molecule has 0 saturated heterocycles. The molecular formula is C25H29ClF2N4O3S2. The standard InChI is InChI=1S/C25H29ClF2N4O3S2/c1-14(2)11-21(24(29)33)30-13-23-15(3)31-25(36-23)16(4)32(22-12-18(27)7-10-20(22)28)37(34,35)19-8-5-17(26)6-9-19/h5-10,12,14,16,21,30H,11,13H2,1-4H3,(H2,29,33)/t16?,21-/m1/s1. The lowest BCUT2D eigenvalue weighted by molar-refractivity contribution is -0.120. The maximum atomic E-state index is 14.9. The van der Waals surface area contributed by atoms with Gasteiger partial charge in [-0.2, -0.15) is 0 Å². The van der Waals surface area contributed by atoms with Crippen molar-refractivity contribution in [3.8, 4) is 0 Å². The molecule has 0 aliphatic carbocycles. The maximum absolute atomic E-state index is 14.9. The van der Waals surface area contributed by atoms with Gasteiger partial charge in [0.2, 0.25) is 5.91 Å². The second-order valence-corrected chi connectivity index (χ2v) is 12.4. The number of primary amides is 1. The van der Waals surface area contributed by atoms with Crippen molar-refractivity contribution in [2.75, 3.05) is 4.31 Å². The molecule has 0 radical (unpaired) electrons. The molecule has 3 rings (SSSR count). The first-order chi connectivity index (χ1) is 17.3. The van der Waals surface area contributed by atoms with Crippen molar-refractivity contribution in [3.63, 3.8) is 0 Å². The molecule has 0 aliphatic heterocycles. The Morgan fingerprint density at radius 2 is 1.81 bits per heavy atom. The van der Waals surface area contributed by atoms with Crippen molar-refractivity contribution < 1.29 is 22.0 Å². The minimum absolute atomic E-state index is 0.138. The highest BCUT2D eigenvalue weighted by Gasteiger charge is 2.34. The number of carbonyl (C=O) groups is 1. The van der Waals surface area contributed by atoms with Gasteiger partial charge in [-0.15, -0.1) is 11.3 Å². The van der Waals surface area contributed by atoms with Gasteiger partial charge < -0.3 is 11.1 Å². The molecule has 12 heteroatoms. The fraction of sp³-hybridized carbons (Fsp3) is 0.360. The summed E-state index contributed by atoms with van der Waals surface area (Å²) in [6, 6.07) is 6.52. The third-order valence-corrected chi connectivity index (χ3v) is 9.17. The molecule has 0 saturated carbocycles. The van der Waals surface area contributed by atoms with Crippen LogP contribution in [0.4, 0.5) is 14.5 Å². The van der Waals surface area contributed by atoms with Crippen LogP contribution < -0.4 is 15.4 Å². The topological polar surface area (TPSA) is 105 Å². The summed E-state index contributed by atoms with van der Waals surface area (Å²) >= 11 is 7.14. The minimum Gasteiger partial charge on any atom is -0.368 e. The third-order valence-electron chi connectivity index (χ3n) is 5.69. The van der Waals surface area contributed by atoms with E-state index in [9.17, 15) is 22.0 Å². The van der Waals surface area contributed by atoms with Crippen LogP contribution in [0.1, 0.15) is 48.8 Å². The van der Waals surface area contributed by atoms with E-state index >= 15 is 0 Å². The Balaban J connectivity index is 2.01. The quantitative estimate of drug-likeness (QED) is 0.324. The molecule has 0 fully saturated rings. The molecule has 2 aromatic carbocycles. The number of sulfonamides is 1. The zero-order valence-electron chi connectivity index (χ0n) is 20.8.